The Bertz CT molecular complexity index is 515. The maximum absolute atomic E-state index is 12.7. The highest BCUT2D eigenvalue weighted by molar-refractivity contribution is 7.89. The molecule has 0 aliphatic carbocycles. The zero-order valence-corrected chi connectivity index (χ0v) is 14.2. The first-order valence-electron chi connectivity index (χ1n) is 7.72. The van der Waals surface area contributed by atoms with Crippen LogP contribution in [-0.2, 0) is 17.1 Å². The average Bonchev–Trinajstić information content (AvgIpc) is 2.77. The molecule has 0 aliphatic heterocycles. The van der Waals surface area contributed by atoms with Gasteiger partial charge in [-0.05, 0) is 12.8 Å². The Balaban J connectivity index is 2.90. The van der Waals surface area contributed by atoms with Crippen LogP contribution in [0.5, 0.6) is 0 Å². The summed E-state index contributed by atoms with van der Waals surface area (Å²) in [6.45, 7) is 5.31. The number of sulfonamides is 1. The maximum Gasteiger partial charge on any atom is 0.248 e. The summed E-state index contributed by atoms with van der Waals surface area (Å²) in [7, 11) is -1.87. The van der Waals surface area contributed by atoms with Gasteiger partial charge >= 0.3 is 0 Å². The number of aryl methyl sites for hydroxylation is 1. The van der Waals surface area contributed by atoms with Gasteiger partial charge < -0.3 is 5.73 Å². The molecule has 0 fully saturated rings. The molecule has 0 saturated heterocycles. The lowest BCUT2D eigenvalue weighted by Crippen LogP contribution is -2.33. The predicted molar refractivity (Wildman–Crippen MR) is 85.4 cm³/mol. The van der Waals surface area contributed by atoms with Crippen molar-refractivity contribution < 1.29 is 8.42 Å². The quantitative estimate of drug-likeness (QED) is 0.672. The van der Waals surface area contributed by atoms with Crippen molar-refractivity contribution in [2.45, 2.75) is 57.3 Å². The molecule has 21 heavy (non-hydrogen) atoms. The van der Waals surface area contributed by atoms with Crippen LogP contribution in [0, 0.1) is 0 Å². The third-order valence-corrected chi connectivity index (χ3v) is 5.38. The summed E-state index contributed by atoms with van der Waals surface area (Å²) in [6, 6.07) is 0. The lowest BCUT2D eigenvalue weighted by Gasteiger charge is -2.21. The molecule has 0 aliphatic rings. The van der Waals surface area contributed by atoms with Crippen LogP contribution in [0.1, 0.15) is 52.4 Å². The number of anilines is 1. The van der Waals surface area contributed by atoms with Crippen molar-refractivity contribution in [2.75, 3.05) is 18.8 Å². The monoisotopic (exact) mass is 316 g/mol. The van der Waals surface area contributed by atoms with Crippen molar-refractivity contribution in [3.8, 4) is 0 Å². The molecule has 0 spiro atoms. The third-order valence-electron chi connectivity index (χ3n) is 3.46. The van der Waals surface area contributed by atoms with E-state index in [1.807, 2.05) is 0 Å². The highest BCUT2D eigenvalue weighted by atomic mass is 32.2. The fourth-order valence-corrected chi connectivity index (χ4v) is 3.86. The van der Waals surface area contributed by atoms with E-state index in [2.05, 4.69) is 18.9 Å². The highest BCUT2D eigenvalue weighted by Gasteiger charge is 2.27. The number of nitrogens with two attached hydrogens (primary N) is 1. The molecule has 1 aromatic heterocycles. The third kappa shape index (κ3) is 5.00. The second-order valence-corrected chi connectivity index (χ2v) is 7.28. The van der Waals surface area contributed by atoms with Gasteiger partial charge in [-0.1, -0.05) is 39.5 Å². The molecule has 0 aromatic carbocycles. The Labute approximate surface area is 128 Å². The minimum Gasteiger partial charge on any atom is -0.381 e. The minimum absolute atomic E-state index is 0.0773. The molecular weight excluding hydrogens is 288 g/mol. The Hall–Kier alpha value is -1.08. The zero-order chi connectivity index (χ0) is 15.9. The first kappa shape index (κ1) is 18.0. The van der Waals surface area contributed by atoms with Crippen LogP contribution in [-0.4, -0.2) is 35.6 Å². The topological polar surface area (TPSA) is 81.2 Å². The molecule has 0 amide bonds. The van der Waals surface area contributed by atoms with Gasteiger partial charge in [-0.25, -0.2) is 8.42 Å². The van der Waals surface area contributed by atoms with Crippen molar-refractivity contribution in [1.29, 1.82) is 0 Å². The van der Waals surface area contributed by atoms with Gasteiger partial charge in [-0.15, -0.1) is 0 Å². The normalized spacial score (nSPS) is 12.2. The number of aromatic nitrogens is 2. The van der Waals surface area contributed by atoms with E-state index in [-0.39, 0.29) is 10.7 Å². The standard InChI is InChI=1S/C14H28N4O2S/c1-4-6-8-10-18(11-9-7-5-2)21(19,20)13-12-17(3)16-14(13)15/h12H,4-11H2,1-3H3,(H2,15,16). The van der Waals surface area contributed by atoms with E-state index in [1.54, 1.807) is 11.4 Å². The molecular formula is C14H28N4O2S. The summed E-state index contributed by atoms with van der Waals surface area (Å²) in [5, 5.41) is 3.94. The van der Waals surface area contributed by atoms with Crippen molar-refractivity contribution in [2.24, 2.45) is 7.05 Å². The lowest BCUT2D eigenvalue weighted by atomic mass is 10.2. The van der Waals surface area contributed by atoms with Crippen LogP contribution in [0.3, 0.4) is 0 Å². The van der Waals surface area contributed by atoms with E-state index < -0.39 is 10.0 Å². The van der Waals surface area contributed by atoms with Crippen LogP contribution in [0.2, 0.25) is 0 Å². The minimum atomic E-state index is -3.55. The molecule has 2 N–H and O–H groups in total. The van der Waals surface area contributed by atoms with Crippen LogP contribution in [0.4, 0.5) is 5.82 Å². The van der Waals surface area contributed by atoms with Crippen LogP contribution in [0.25, 0.3) is 0 Å². The summed E-state index contributed by atoms with van der Waals surface area (Å²) in [6.07, 6.45) is 7.43. The van der Waals surface area contributed by atoms with Crippen molar-refractivity contribution in [3.63, 3.8) is 0 Å². The number of rotatable bonds is 10. The van der Waals surface area contributed by atoms with Crippen LogP contribution >= 0.6 is 0 Å². The summed E-state index contributed by atoms with van der Waals surface area (Å²) in [4.78, 5) is 0.123. The Kier molecular flexibility index (Phi) is 7.17. The summed E-state index contributed by atoms with van der Waals surface area (Å²) >= 11 is 0. The average molecular weight is 316 g/mol. The highest BCUT2D eigenvalue weighted by Crippen LogP contribution is 2.22. The number of nitrogen functional groups attached to an aromatic ring is 1. The Morgan fingerprint density at radius 1 is 1.14 bits per heavy atom. The van der Waals surface area contributed by atoms with E-state index in [4.69, 9.17) is 5.73 Å². The van der Waals surface area contributed by atoms with E-state index in [0.717, 1.165) is 38.5 Å². The first-order valence-corrected chi connectivity index (χ1v) is 9.16. The molecule has 7 heteroatoms. The second-order valence-electron chi connectivity index (χ2n) is 5.37. The molecule has 6 nitrogen and oxygen atoms in total. The van der Waals surface area contributed by atoms with Gasteiger partial charge in [-0.3, -0.25) is 4.68 Å². The summed E-state index contributed by atoms with van der Waals surface area (Å²) in [5.74, 6) is 0.0773. The molecule has 0 bridgehead atoms. The molecule has 1 heterocycles. The lowest BCUT2D eigenvalue weighted by molar-refractivity contribution is 0.389. The van der Waals surface area contributed by atoms with Gasteiger partial charge in [0.05, 0.1) is 0 Å². The van der Waals surface area contributed by atoms with Crippen molar-refractivity contribution in [1.82, 2.24) is 14.1 Å². The molecule has 0 radical (unpaired) electrons. The SMILES string of the molecule is CCCCCN(CCCCC)S(=O)(=O)c1cn(C)nc1N. The van der Waals surface area contributed by atoms with Crippen LogP contribution < -0.4 is 5.73 Å². The molecule has 0 unspecified atom stereocenters. The second kappa shape index (κ2) is 8.38. The first-order chi connectivity index (χ1) is 9.93. The van der Waals surface area contributed by atoms with Gasteiger partial charge in [0, 0.05) is 26.3 Å². The summed E-state index contributed by atoms with van der Waals surface area (Å²) in [5.41, 5.74) is 5.74. The Morgan fingerprint density at radius 2 is 1.67 bits per heavy atom. The zero-order valence-electron chi connectivity index (χ0n) is 13.4. The predicted octanol–water partition coefficient (Wildman–Crippen LogP) is 2.37. The summed E-state index contributed by atoms with van der Waals surface area (Å²) < 4.78 is 28.5. The van der Waals surface area contributed by atoms with Gasteiger partial charge in [0.1, 0.15) is 4.90 Å². The van der Waals surface area contributed by atoms with E-state index in [9.17, 15) is 8.42 Å². The van der Waals surface area contributed by atoms with Gasteiger partial charge in [0.25, 0.3) is 0 Å². The van der Waals surface area contributed by atoms with Gasteiger partial charge in [-0.2, -0.15) is 9.40 Å². The Morgan fingerprint density at radius 3 is 2.05 bits per heavy atom. The van der Waals surface area contributed by atoms with Crippen molar-refractivity contribution >= 4 is 15.8 Å². The molecule has 122 valence electrons. The number of hydrogen-bond donors (Lipinski definition) is 1. The number of unbranched alkanes of at least 4 members (excludes halogenated alkanes) is 4. The van der Waals surface area contributed by atoms with Gasteiger partial charge in [0.2, 0.25) is 10.0 Å². The fraction of sp³-hybridized carbons (Fsp3) is 0.786. The smallest absolute Gasteiger partial charge is 0.248 e. The fourth-order valence-electron chi connectivity index (χ4n) is 2.25. The van der Waals surface area contributed by atoms with Crippen LogP contribution in [0.15, 0.2) is 11.1 Å². The molecule has 1 rings (SSSR count). The largest absolute Gasteiger partial charge is 0.381 e. The molecule has 0 saturated carbocycles. The molecule has 0 atom stereocenters. The van der Waals surface area contributed by atoms with Crippen molar-refractivity contribution in [3.05, 3.63) is 6.20 Å². The maximum atomic E-state index is 12.7. The number of hydrogen-bond acceptors (Lipinski definition) is 4. The molecule has 1 aromatic rings. The number of nitrogens with zero attached hydrogens (tertiary/aromatic N) is 3. The van der Waals surface area contributed by atoms with Gasteiger partial charge in [0.15, 0.2) is 5.82 Å². The van der Waals surface area contributed by atoms with E-state index in [1.165, 1.54) is 10.9 Å². The van der Waals surface area contributed by atoms with E-state index >= 15 is 0 Å². The van der Waals surface area contributed by atoms with E-state index in [0.29, 0.717) is 13.1 Å².